The lowest BCUT2D eigenvalue weighted by molar-refractivity contribution is -0.127. The van der Waals surface area contributed by atoms with Crippen LogP contribution in [0.4, 0.5) is 5.69 Å². The van der Waals surface area contributed by atoms with E-state index in [9.17, 15) is 14.4 Å². The Balaban J connectivity index is 1.76. The van der Waals surface area contributed by atoms with Gasteiger partial charge in [0, 0.05) is 48.8 Å². The molecule has 4 rings (SSSR count). The number of likely N-dealkylation sites (N-methyl/N-ethyl adjacent to an activating group) is 1. The van der Waals surface area contributed by atoms with E-state index in [4.69, 9.17) is 5.73 Å². The lowest BCUT2D eigenvalue weighted by Gasteiger charge is -2.22. The zero-order chi connectivity index (χ0) is 28.3. The Hall–Kier alpha value is -4.20. The first-order chi connectivity index (χ1) is 18.7. The lowest BCUT2D eigenvalue weighted by Crippen LogP contribution is -2.34. The second-order valence-corrected chi connectivity index (χ2v) is 10.1. The first-order valence-electron chi connectivity index (χ1n) is 13.5. The van der Waals surface area contributed by atoms with Crippen LogP contribution >= 0.6 is 0 Å². The average Bonchev–Trinajstić information content (AvgIpc) is 3.08. The minimum absolute atomic E-state index is 0.0140. The van der Waals surface area contributed by atoms with Crippen molar-refractivity contribution in [2.45, 2.75) is 53.5 Å². The molecule has 0 atom stereocenters. The number of amidine groups is 1. The number of carbonyl (C=O) groups is 2. The fraction of sp³-hybridized carbons (Fsp3) is 0.355. The summed E-state index contributed by atoms with van der Waals surface area (Å²) in [4.78, 5) is 44.9. The van der Waals surface area contributed by atoms with E-state index in [2.05, 4.69) is 30.2 Å². The molecule has 0 aliphatic carbocycles. The number of aliphatic imine (C=N–C) groups is 1. The van der Waals surface area contributed by atoms with Gasteiger partial charge in [-0.1, -0.05) is 26.0 Å². The molecule has 39 heavy (non-hydrogen) atoms. The number of pyridine rings is 1. The predicted octanol–water partition coefficient (Wildman–Crippen LogP) is 4.46. The summed E-state index contributed by atoms with van der Waals surface area (Å²) in [6.07, 6.45) is 4.05. The van der Waals surface area contributed by atoms with Gasteiger partial charge in [0.2, 0.25) is 11.8 Å². The number of amides is 2. The molecular weight excluding hydrogens is 490 g/mol. The predicted molar refractivity (Wildman–Crippen MR) is 158 cm³/mol. The summed E-state index contributed by atoms with van der Waals surface area (Å²) in [5.74, 6) is 0.197. The molecule has 0 bridgehead atoms. The summed E-state index contributed by atoms with van der Waals surface area (Å²) in [6.45, 7) is 9.39. The van der Waals surface area contributed by atoms with Crippen LogP contribution in [0.25, 0.3) is 28.0 Å². The maximum Gasteiger partial charge on any atom is 0.259 e. The topological polar surface area (TPSA) is 110 Å². The second kappa shape index (κ2) is 11.7. The van der Waals surface area contributed by atoms with E-state index in [0.717, 1.165) is 46.2 Å². The third-order valence-corrected chi connectivity index (χ3v) is 7.10. The van der Waals surface area contributed by atoms with E-state index in [-0.39, 0.29) is 23.9 Å². The standard InChI is InChI=1S/C31H37N5O3/c1-6-10-35(11-7-2)30(38)24-15-26-19(3)12-22(16-27(26)34-28(32)17-24)21-8-9-25-23(14-21)13-20(4)36(31(25)39)18-29(37)33-5/h8-9,12-16H,6-7,10-11,17-18H2,1-5H3,(H2,32,34)(H,33,37). The Morgan fingerprint density at radius 1 is 1.05 bits per heavy atom. The van der Waals surface area contributed by atoms with Crippen molar-refractivity contribution in [3.05, 3.63) is 69.1 Å². The maximum atomic E-state index is 13.4. The average molecular weight is 528 g/mol. The summed E-state index contributed by atoms with van der Waals surface area (Å²) in [7, 11) is 1.55. The third-order valence-electron chi connectivity index (χ3n) is 7.10. The van der Waals surface area contributed by atoms with E-state index in [1.807, 2.05) is 49.1 Å². The first-order valence-corrected chi connectivity index (χ1v) is 13.5. The molecule has 0 radical (unpaired) electrons. The minimum atomic E-state index is -0.223. The molecule has 2 heterocycles. The zero-order valence-electron chi connectivity index (χ0n) is 23.4. The summed E-state index contributed by atoms with van der Waals surface area (Å²) in [5.41, 5.74) is 12.0. The maximum absolute atomic E-state index is 13.4. The molecule has 204 valence electrons. The molecule has 0 saturated carbocycles. The number of aromatic nitrogens is 1. The molecule has 3 aromatic rings. The fourth-order valence-electron chi connectivity index (χ4n) is 5.12. The van der Waals surface area contributed by atoms with E-state index in [1.54, 1.807) is 13.1 Å². The first kappa shape index (κ1) is 27.8. The number of hydrogen-bond acceptors (Lipinski definition) is 5. The molecule has 2 amide bonds. The summed E-state index contributed by atoms with van der Waals surface area (Å²) in [6, 6.07) is 11.7. The molecule has 1 aromatic heterocycles. The van der Waals surface area contributed by atoms with Gasteiger partial charge in [0.05, 0.1) is 5.69 Å². The summed E-state index contributed by atoms with van der Waals surface area (Å²) >= 11 is 0. The number of fused-ring (bicyclic) bond motifs is 2. The number of benzene rings is 2. The fourth-order valence-corrected chi connectivity index (χ4v) is 5.12. The van der Waals surface area contributed by atoms with Gasteiger partial charge in [-0.3, -0.25) is 14.4 Å². The van der Waals surface area contributed by atoms with Gasteiger partial charge in [0.25, 0.3) is 5.56 Å². The van der Waals surface area contributed by atoms with Gasteiger partial charge in [0.15, 0.2) is 0 Å². The highest BCUT2D eigenvalue weighted by Gasteiger charge is 2.22. The van der Waals surface area contributed by atoms with Crippen molar-refractivity contribution < 1.29 is 9.59 Å². The number of nitrogens with two attached hydrogens (primary N) is 1. The van der Waals surface area contributed by atoms with Gasteiger partial charge in [0.1, 0.15) is 12.4 Å². The third kappa shape index (κ3) is 5.79. The van der Waals surface area contributed by atoms with Crippen LogP contribution in [-0.2, 0) is 16.1 Å². The minimum Gasteiger partial charge on any atom is -0.387 e. The Labute approximate surface area is 229 Å². The zero-order valence-corrected chi connectivity index (χ0v) is 23.4. The highest BCUT2D eigenvalue weighted by Crippen LogP contribution is 2.35. The number of rotatable bonds is 8. The van der Waals surface area contributed by atoms with E-state index in [0.29, 0.717) is 42.0 Å². The van der Waals surface area contributed by atoms with Gasteiger partial charge in [-0.25, -0.2) is 4.99 Å². The molecule has 0 spiro atoms. The van der Waals surface area contributed by atoms with Gasteiger partial charge in [-0.05, 0) is 79.1 Å². The number of hydrogen-bond donors (Lipinski definition) is 2. The van der Waals surface area contributed by atoms with Crippen molar-refractivity contribution in [2.24, 2.45) is 10.7 Å². The van der Waals surface area contributed by atoms with Gasteiger partial charge in [-0.2, -0.15) is 0 Å². The van der Waals surface area contributed by atoms with Gasteiger partial charge >= 0.3 is 0 Å². The van der Waals surface area contributed by atoms with Crippen LogP contribution < -0.4 is 16.6 Å². The van der Waals surface area contributed by atoms with Gasteiger partial charge in [-0.15, -0.1) is 0 Å². The van der Waals surface area contributed by atoms with Crippen molar-refractivity contribution in [3.8, 4) is 11.1 Å². The van der Waals surface area contributed by atoms with Crippen molar-refractivity contribution in [1.82, 2.24) is 14.8 Å². The second-order valence-electron chi connectivity index (χ2n) is 10.1. The molecule has 1 aliphatic rings. The SMILES string of the molecule is CCCN(CCC)C(=O)C1=Cc2c(C)cc(-c3ccc4c(=O)n(CC(=O)NC)c(C)cc4c3)cc2N=C(N)C1. The molecule has 3 N–H and O–H groups in total. The van der Waals surface area contributed by atoms with Crippen molar-refractivity contribution in [2.75, 3.05) is 20.1 Å². The Morgan fingerprint density at radius 2 is 1.77 bits per heavy atom. The molecule has 8 heteroatoms. The molecular formula is C31H37N5O3. The van der Waals surface area contributed by atoms with Crippen molar-refractivity contribution in [1.29, 1.82) is 0 Å². The Bertz CT molecular complexity index is 1560. The molecule has 8 nitrogen and oxygen atoms in total. The smallest absolute Gasteiger partial charge is 0.259 e. The lowest BCUT2D eigenvalue weighted by atomic mass is 9.95. The Morgan fingerprint density at radius 3 is 2.44 bits per heavy atom. The molecule has 0 fully saturated rings. The van der Waals surface area contributed by atoms with Crippen LogP contribution in [0.1, 0.15) is 49.9 Å². The highest BCUT2D eigenvalue weighted by molar-refractivity contribution is 6.06. The van der Waals surface area contributed by atoms with E-state index in [1.165, 1.54) is 4.57 Å². The van der Waals surface area contributed by atoms with Crippen LogP contribution in [0.2, 0.25) is 0 Å². The normalized spacial score (nSPS) is 12.8. The molecule has 2 aromatic carbocycles. The number of nitrogens with one attached hydrogen (secondary N) is 1. The van der Waals surface area contributed by atoms with Crippen LogP contribution in [0, 0.1) is 13.8 Å². The number of carbonyl (C=O) groups excluding carboxylic acids is 2. The van der Waals surface area contributed by atoms with Crippen LogP contribution in [-0.4, -0.2) is 47.3 Å². The quantitative estimate of drug-likeness (QED) is 0.451. The van der Waals surface area contributed by atoms with Gasteiger partial charge < -0.3 is 20.5 Å². The highest BCUT2D eigenvalue weighted by atomic mass is 16.2. The summed E-state index contributed by atoms with van der Waals surface area (Å²) < 4.78 is 1.48. The largest absolute Gasteiger partial charge is 0.387 e. The molecule has 0 unspecified atom stereocenters. The Kier molecular flexibility index (Phi) is 8.33. The number of aryl methyl sites for hydroxylation is 2. The number of nitrogens with zero attached hydrogens (tertiary/aromatic N) is 3. The van der Waals surface area contributed by atoms with E-state index < -0.39 is 0 Å². The molecule has 0 saturated heterocycles. The van der Waals surface area contributed by atoms with Crippen molar-refractivity contribution >= 4 is 40.2 Å². The molecule has 1 aliphatic heterocycles. The van der Waals surface area contributed by atoms with Crippen molar-refractivity contribution in [3.63, 3.8) is 0 Å². The monoisotopic (exact) mass is 527 g/mol. The van der Waals surface area contributed by atoms with Crippen LogP contribution in [0.3, 0.4) is 0 Å². The summed E-state index contributed by atoms with van der Waals surface area (Å²) in [5, 5.41) is 3.92. The van der Waals surface area contributed by atoms with E-state index >= 15 is 0 Å². The van der Waals surface area contributed by atoms with Crippen LogP contribution in [0.5, 0.6) is 0 Å². The van der Waals surface area contributed by atoms with Crippen LogP contribution in [0.15, 0.2) is 51.8 Å².